The van der Waals surface area contributed by atoms with Crippen molar-refractivity contribution >= 4 is 61.5 Å². The normalized spacial score (nSPS) is 14.6. The maximum atomic E-state index is 13.3. The summed E-state index contributed by atoms with van der Waals surface area (Å²) in [6.45, 7) is 2.95. The summed E-state index contributed by atoms with van der Waals surface area (Å²) in [5, 5.41) is 2.25. The van der Waals surface area contributed by atoms with Gasteiger partial charge in [0.2, 0.25) is 0 Å². The zero-order valence-electron chi connectivity index (χ0n) is 20.0. The van der Waals surface area contributed by atoms with Gasteiger partial charge in [-0.15, -0.1) is 0 Å². The Morgan fingerprint density at radius 1 is 0.892 bits per heavy atom. The quantitative estimate of drug-likeness (QED) is 0.163. The average molecular weight is 628 g/mol. The lowest BCUT2D eigenvalue weighted by atomic mass is 10.1. The fraction of sp³-hybridized carbons (Fsp3) is 0.179. The van der Waals surface area contributed by atoms with Gasteiger partial charge in [0.15, 0.2) is 0 Å². The van der Waals surface area contributed by atoms with E-state index in [2.05, 4.69) is 44.1 Å². The number of amides is 4. The summed E-state index contributed by atoms with van der Waals surface area (Å²) in [6.07, 6.45) is 3.37. The highest BCUT2D eigenvalue weighted by Crippen LogP contribution is 2.29. The highest BCUT2D eigenvalue weighted by Gasteiger charge is 2.37. The molecule has 1 N–H and O–H groups in total. The zero-order valence-corrected chi connectivity index (χ0v) is 23.2. The van der Waals surface area contributed by atoms with E-state index in [-0.39, 0.29) is 5.57 Å². The molecule has 0 aromatic heterocycles. The molecule has 0 unspecified atom stereocenters. The highest BCUT2D eigenvalue weighted by atomic mass is 79.9. The van der Waals surface area contributed by atoms with E-state index in [0.717, 1.165) is 32.3 Å². The van der Waals surface area contributed by atoms with Gasteiger partial charge in [-0.05, 0) is 72.7 Å². The molecule has 1 aliphatic heterocycles. The van der Waals surface area contributed by atoms with Crippen LogP contribution in [-0.2, 0) is 16.2 Å². The average Bonchev–Trinajstić information content (AvgIpc) is 2.88. The summed E-state index contributed by atoms with van der Waals surface area (Å²) in [7, 11) is 0. The minimum Gasteiger partial charge on any atom is -0.494 e. The van der Waals surface area contributed by atoms with Gasteiger partial charge in [-0.1, -0.05) is 57.3 Å². The van der Waals surface area contributed by atoms with Crippen molar-refractivity contribution in [2.75, 3.05) is 11.5 Å². The SMILES string of the molecule is CCCCOc1ccc(N2C(=O)NC(=O)/C(=C/c3cc(Br)ccc3OCc3ccc(Br)cc3)C2=O)cc1. The number of rotatable bonds is 9. The summed E-state index contributed by atoms with van der Waals surface area (Å²) in [6, 6.07) is 18.8. The number of imide groups is 2. The topological polar surface area (TPSA) is 84.9 Å². The number of barbiturate groups is 1. The van der Waals surface area contributed by atoms with E-state index in [1.165, 1.54) is 6.08 Å². The predicted molar refractivity (Wildman–Crippen MR) is 148 cm³/mol. The van der Waals surface area contributed by atoms with Crippen molar-refractivity contribution in [3.8, 4) is 11.5 Å². The molecule has 1 aliphatic rings. The van der Waals surface area contributed by atoms with E-state index in [4.69, 9.17) is 9.47 Å². The van der Waals surface area contributed by atoms with Crippen LogP contribution in [0, 0.1) is 0 Å². The second kappa shape index (κ2) is 12.2. The van der Waals surface area contributed by atoms with E-state index in [1.807, 2.05) is 30.3 Å². The minimum absolute atomic E-state index is 0.186. The van der Waals surface area contributed by atoms with Gasteiger partial charge < -0.3 is 9.47 Å². The van der Waals surface area contributed by atoms with Crippen LogP contribution in [0.15, 0.2) is 81.2 Å². The van der Waals surface area contributed by atoms with Gasteiger partial charge in [-0.2, -0.15) is 0 Å². The van der Waals surface area contributed by atoms with Crippen molar-refractivity contribution in [3.05, 3.63) is 92.4 Å². The van der Waals surface area contributed by atoms with E-state index in [1.54, 1.807) is 36.4 Å². The first kappa shape index (κ1) is 26.6. The van der Waals surface area contributed by atoms with Gasteiger partial charge in [-0.3, -0.25) is 14.9 Å². The number of anilines is 1. The molecular formula is C28H24Br2N2O5. The van der Waals surface area contributed by atoms with E-state index >= 15 is 0 Å². The van der Waals surface area contributed by atoms with Crippen molar-refractivity contribution in [1.29, 1.82) is 0 Å². The van der Waals surface area contributed by atoms with Crippen LogP contribution >= 0.6 is 31.9 Å². The zero-order chi connectivity index (χ0) is 26.4. The van der Waals surface area contributed by atoms with Crippen LogP contribution in [0.2, 0.25) is 0 Å². The number of ether oxygens (including phenoxy) is 2. The number of carbonyl (C=O) groups is 3. The number of nitrogens with zero attached hydrogens (tertiary/aromatic N) is 1. The third-order valence-electron chi connectivity index (χ3n) is 5.54. The molecule has 0 saturated carbocycles. The molecule has 0 radical (unpaired) electrons. The second-order valence-corrected chi connectivity index (χ2v) is 10.1. The van der Waals surface area contributed by atoms with Crippen LogP contribution in [0.5, 0.6) is 11.5 Å². The van der Waals surface area contributed by atoms with Crippen molar-refractivity contribution in [3.63, 3.8) is 0 Å². The molecule has 0 bridgehead atoms. The first-order valence-electron chi connectivity index (χ1n) is 11.7. The Morgan fingerprint density at radius 3 is 2.30 bits per heavy atom. The molecule has 3 aromatic rings. The minimum atomic E-state index is -0.812. The number of benzene rings is 3. The Labute approximate surface area is 231 Å². The van der Waals surface area contributed by atoms with E-state index in [0.29, 0.717) is 36.0 Å². The maximum Gasteiger partial charge on any atom is 0.335 e. The molecule has 1 heterocycles. The Kier molecular flexibility index (Phi) is 8.78. The number of hydrogen-bond acceptors (Lipinski definition) is 5. The number of nitrogens with one attached hydrogen (secondary N) is 1. The fourth-order valence-corrected chi connectivity index (χ4v) is 4.22. The van der Waals surface area contributed by atoms with Crippen LogP contribution < -0.4 is 19.7 Å². The molecule has 4 amide bonds. The standard InChI is InChI=1S/C28H24Br2N2O5/c1-2-3-14-36-23-11-9-22(10-12-23)32-27(34)24(26(33)31-28(32)35)16-19-15-21(30)8-13-25(19)37-17-18-4-6-20(29)7-5-18/h4-13,15-16H,2-3,14,17H2,1H3,(H,31,33,35)/b24-16-. The summed E-state index contributed by atoms with van der Waals surface area (Å²) >= 11 is 6.84. The summed E-state index contributed by atoms with van der Waals surface area (Å²) in [5.74, 6) is -0.385. The van der Waals surface area contributed by atoms with Crippen LogP contribution in [0.4, 0.5) is 10.5 Å². The molecule has 0 spiro atoms. The number of urea groups is 1. The molecule has 0 aliphatic carbocycles. The smallest absolute Gasteiger partial charge is 0.335 e. The van der Waals surface area contributed by atoms with Crippen molar-refractivity contribution in [1.82, 2.24) is 5.32 Å². The molecule has 4 rings (SSSR count). The molecular weight excluding hydrogens is 604 g/mol. The summed E-state index contributed by atoms with van der Waals surface area (Å²) in [4.78, 5) is 39.5. The number of carbonyl (C=O) groups excluding carboxylic acids is 3. The number of halogens is 2. The van der Waals surface area contributed by atoms with Gasteiger partial charge >= 0.3 is 6.03 Å². The van der Waals surface area contributed by atoms with Crippen LogP contribution in [0.25, 0.3) is 6.08 Å². The van der Waals surface area contributed by atoms with Gasteiger partial charge in [-0.25, -0.2) is 9.69 Å². The Balaban J connectivity index is 1.59. The Morgan fingerprint density at radius 2 is 1.59 bits per heavy atom. The van der Waals surface area contributed by atoms with Crippen molar-refractivity contribution < 1.29 is 23.9 Å². The largest absolute Gasteiger partial charge is 0.494 e. The predicted octanol–water partition coefficient (Wildman–Crippen LogP) is 6.64. The van der Waals surface area contributed by atoms with Crippen molar-refractivity contribution in [2.45, 2.75) is 26.4 Å². The Hall–Kier alpha value is -3.43. The Bertz CT molecular complexity index is 1340. The third-order valence-corrected chi connectivity index (χ3v) is 6.56. The van der Waals surface area contributed by atoms with Gasteiger partial charge in [0, 0.05) is 14.5 Å². The van der Waals surface area contributed by atoms with Gasteiger partial charge in [0.05, 0.1) is 12.3 Å². The fourth-order valence-electron chi connectivity index (χ4n) is 3.58. The number of unbranched alkanes of at least 4 members (excludes halogenated alkanes) is 1. The first-order valence-corrected chi connectivity index (χ1v) is 13.3. The van der Waals surface area contributed by atoms with E-state index in [9.17, 15) is 14.4 Å². The van der Waals surface area contributed by atoms with Crippen LogP contribution in [-0.4, -0.2) is 24.5 Å². The lowest BCUT2D eigenvalue weighted by molar-refractivity contribution is -0.122. The molecule has 1 fully saturated rings. The first-order chi connectivity index (χ1) is 17.9. The summed E-state index contributed by atoms with van der Waals surface area (Å²) < 4.78 is 13.4. The molecule has 7 nitrogen and oxygen atoms in total. The highest BCUT2D eigenvalue weighted by molar-refractivity contribution is 9.10. The molecule has 0 atom stereocenters. The monoisotopic (exact) mass is 626 g/mol. The number of hydrogen-bond donors (Lipinski definition) is 1. The molecule has 190 valence electrons. The lowest BCUT2D eigenvalue weighted by Crippen LogP contribution is -2.54. The van der Waals surface area contributed by atoms with E-state index < -0.39 is 17.8 Å². The van der Waals surface area contributed by atoms with Crippen molar-refractivity contribution in [2.24, 2.45) is 0 Å². The van der Waals surface area contributed by atoms with Crippen LogP contribution in [0.1, 0.15) is 30.9 Å². The molecule has 1 saturated heterocycles. The van der Waals surface area contributed by atoms with Gasteiger partial charge in [0.25, 0.3) is 11.8 Å². The second-order valence-electron chi connectivity index (χ2n) is 8.25. The maximum absolute atomic E-state index is 13.3. The molecule has 3 aromatic carbocycles. The summed E-state index contributed by atoms with van der Waals surface area (Å²) in [5.41, 5.74) is 1.60. The molecule has 37 heavy (non-hydrogen) atoms. The van der Waals surface area contributed by atoms with Gasteiger partial charge in [0.1, 0.15) is 23.7 Å². The third kappa shape index (κ3) is 6.67. The lowest BCUT2D eigenvalue weighted by Gasteiger charge is -2.26. The molecule has 9 heteroatoms. The van der Waals surface area contributed by atoms with Crippen LogP contribution in [0.3, 0.4) is 0 Å².